The highest BCUT2D eigenvalue weighted by Gasteiger charge is 2.43. The second kappa shape index (κ2) is 15.8. The van der Waals surface area contributed by atoms with Gasteiger partial charge in [0.2, 0.25) is 11.8 Å². The van der Waals surface area contributed by atoms with E-state index in [-0.39, 0.29) is 19.4 Å². The van der Waals surface area contributed by atoms with Gasteiger partial charge in [-0.15, -0.1) is 0 Å². The number of sulfone groups is 1. The molecule has 4 rings (SSSR count). The number of fused-ring (bicyclic) bond motifs is 1. The van der Waals surface area contributed by atoms with Gasteiger partial charge in [-0.25, -0.2) is 8.42 Å². The van der Waals surface area contributed by atoms with Crippen LogP contribution < -0.4 is 20.7 Å². The molecule has 49 heavy (non-hydrogen) atoms. The first-order chi connectivity index (χ1) is 23.0. The van der Waals surface area contributed by atoms with Gasteiger partial charge >= 0.3 is 0 Å². The van der Waals surface area contributed by atoms with Crippen molar-refractivity contribution in [3.8, 4) is 5.75 Å². The molecule has 1 saturated heterocycles. The fourth-order valence-electron chi connectivity index (χ4n) is 5.68. The van der Waals surface area contributed by atoms with Gasteiger partial charge < -0.3 is 35.8 Å². The third-order valence-corrected chi connectivity index (χ3v) is 8.79. The van der Waals surface area contributed by atoms with Crippen molar-refractivity contribution in [1.29, 1.82) is 0 Å². The number of benzene rings is 3. The maximum Gasteiger partial charge on any atom is 0.258 e. The molecule has 5 N–H and O–H groups in total. The van der Waals surface area contributed by atoms with E-state index in [9.17, 15) is 37.8 Å². The Kier molecular flexibility index (Phi) is 12.0. The number of β-amino-alcohol motifs (C(OH)–C–C–N with tert-alkyl or cyclic N) is 1. The lowest BCUT2D eigenvalue weighted by Crippen LogP contribution is -2.60. The molecule has 1 heterocycles. The summed E-state index contributed by atoms with van der Waals surface area (Å²) in [4.78, 5) is 54.5. The lowest BCUT2D eigenvalue weighted by Gasteiger charge is -2.32. The summed E-state index contributed by atoms with van der Waals surface area (Å²) in [6.45, 7) is 4.57. The van der Waals surface area contributed by atoms with Crippen LogP contribution in [0.3, 0.4) is 0 Å². The zero-order chi connectivity index (χ0) is 35.9. The molecule has 14 heteroatoms. The zero-order valence-electron chi connectivity index (χ0n) is 28.0. The second-order valence-corrected chi connectivity index (χ2v) is 15.5. The summed E-state index contributed by atoms with van der Waals surface area (Å²) in [6, 6.07) is 17.4. The molecule has 3 aromatic rings. The Morgan fingerprint density at radius 1 is 0.959 bits per heavy atom. The Balaban J connectivity index is 1.53. The van der Waals surface area contributed by atoms with Crippen LogP contribution in [-0.2, 0) is 35.4 Å². The molecule has 0 saturated carbocycles. The minimum atomic E-state index is -3.82. The minimum absolute atomic E-state index is 0.0423. The van der Waals surface area contributed by atoms with Crippen LogP contribution >= 0.6 is 0 Å². The quantitative estimate of drug-likeness (QED) is 0.171. The first-order valence-corrected chi connectivity index (χ1v) is 18.0. The van der Waals surface area contributed by atoms with E-state index in [1.165, 1.54) is 0 Å². The number of ether oxygens (including phenoxy) is 1. The number of amides is 4. The first-order valence-electron chi connectivity index (χ1n) is 15.9. The number of aliphatic hydroxyl groups is 2. The van der Waals surface area contributed by atoms with Crippen molar-refractivity contribution in [2.24, 2.45) is 0 Å². The summed E-state index contributed by atoms with van der Waals surface area (Å²) in [5, 5.41) is 31.2. The molecule has 1 fully saturated rings. The monoisotopic (exact) mass is 696 g/mol. The highest BCUT2D eigenvalue weighted by Crippen LogP contribution is 2.25. The highest BCUT2D eigenvalue weighted by atomic mass is 32.2. The third-order valence-electron chi connectivity index (χ3n) is 7.85. The summed E-state index contributed by atoms with van der Waals surface area (Å²) in [7, 11) is -3.82. The van der Waals surface area contributed by atoms with E-state index in [0.29, 0.717) is 11.3 Å². The fourth-order valence-corrected chi connectivity index (χ4v) is 6.52. The van der Waals surface area contributed by atoms with E-state index in [0.717, 1.165) is 21.9 Å². The molecule has 0 aromatic heterocycles. The van der Waals surface area contributed by atoms with Gasteiger partial charge in [0.25, 0.3) is 11.8 Å². The summed E-state index contributed by atoms with van der Waals surface area (Å²) >= 11 is 0. The van der Waals surface area contributed by atoms with Crippen molar-refractivity contribution in [2.75, 3.05) is 25.2 Å². The van der Waals surface area contributed by atoms with Crippen LogP contribution in [-0.4, -0.2) is 108 Å². The van der Waals surface area contributed by atoms with Crippen LogP contribution in [0.1, 0.15) is 32.8 Å². The Morgan fingerprint density at radius 3 is 2.29 bits per heavy atom. The molecule has 0 radical (unpaired) electrons. The Bertz CT molecular complexity index is 1760. The number of aliphatic hydroxyl groups excluding tert-OH is 2. The van der Waals surface area contributed by atoms with Gasteiger partial charge in [-0.2, -0.15) is 0 Å². The number of rotatable bonds is 13. The van der Waals surface area contributed by atoms with Gasteiger partial charge in [0, 0.05) is 30.1 Å². The lowest BCUT2D eigenvalue weighted by molar-refractivity contribution is -0.147. The molecule has 0 bridgehead atoms. The summed E-state index contributed by atoms with van der Waals surface area (Å²) < 4.78 is 30.4. The number of hydrogen-bond acceptors (Lipinski definition) is 9. The van der Waals surface area contributed by atoms with Crippen LogP contribution in [0.5, 0.6) is 5.75 Å². The number of nitrogens with zero attached hydrogens (tertiary/aromatic N) is 1. The molecule has 1 aliphatic heterocycles. The predicted octanol–water partition coefficient (Wildman–Crippen LogP) is 0.713. The van der Waals surface area contributed by atoms with Crippen molar-refractivity contribution in [3.63, 3.8) is 0 Å². The largest absolute Gasteiger partial charge is 0.483 e. The third kappa shape index (κ3) is 10.7. The SMILES string of the molecule is CC(C)(C)NC(=O)C1CC(O)CN1C(=O)[C@@H](O)[C@H](Cc1ccccc1)NC(=O)[C@H](CS(C)(=O)=O)NC(=O)COc1cccc2ccccc12. The van der Waals surface area contributed by atoms with Gasteiger partial charge in [-0.3, -0.25) is 19.2 Å². The van der Waals surface area contributed by atoms with Crippen LogP contribution in [0.25, 0.3) is 10.8 Å². The maximum absolute atomic E-state index is 13.7. The number of nitrogens with one attached hydrogen (secondary N) is 3. The molecule has 4 amide bonds. The number of carbonyl (C=O) groups excluding carboxylic acids is 4. The smallest absolute Gasteiger partial charge is 0.258 e. The molecule has 13 nitrogen and oxygen atoms in total. The van der Waals surface area contributed by atoms with Gasteiger partial charge in [0.1, 0.15) is 27.7 Å². The standard InChI is InChI=1S/C35H44N4O9S/c1-35(2,3)38-33(44)28-18-24(40)19-39(28)34(45)31(42)26(17-22-11-6-5-7-12-22)37-32(43)27(21-49(4,46)47)36-30(41)20-48-29-16-10-14-23-13-8-9-15-25(23)29/h5-16,24,26-28,31,40,42H,17-21H2,1-4H3,(H,36,41)(H,37,43)(H,38,44)/t24?,26-,27-,28?,31-/m0/s1. The summed E-state index contributed by atoms with van der Waals surface area (Å²) in [5.74, 6) is -3.49. The molecule has 2 unspecified atom stereocenters. The summed E-state index contributed by atoms with van der Waals surface area (Å²) in [6.07, 6.45) is -2.10. The number of hydrogen-bond donors (Lipinski definition) is 5. The predicted molar refractivity (Wildman–Crippen MR) is 183 cm³/mol. The van der Waals surface area contributed by atoms with Crippen molar-refractivity contribution in [1.82, 2.24) is 20.9 Å². The first kappa shape index (κ1) is 37.3. The van der Waals surface area contributed by atoms with E-state index in [1.807, 2.05) is 30.3 Å². The Hall–Kier alpha value is -4.53. The molecule has 0 aliphatic carbocycles. The topological polar surface area (TPSA) is 191 Å². The van der Waals surface area contributed by atoms with E-state index in [2.05, 4.69) is 16.0 Å². The van der Waals surface area contributed by atoms with Crippen molar-refractivity contribution in [2.45, 2.75) is 69.5 Å². The van der Waals surface area contributed by atoms with Crippen molar-refractivity contribution in [3.05, 3.63) is 78.4 Å². The van der Waals surface area contributed by atoms with Crippen molar-refractivity contribution < 1.29 is 42.5 Å². The summed E-state index contributed by atoms with van der Waals surface area (Å²) in [5.41, 5.74) is 0.0103. The van der Waals surface area contributed by atoms with E-state index >= 15 is 0 Å². The molecule has 0 spiro atoms. The van der Waals surface area contributed by atoms with E-state index < -0.39 is 81.7 Å². The van der Waals surface area contributed by atoms with Gasteiger partial charge in [-0.05, 0) is 44.2 Å². The lowest BCUT2D eigenvalue weighted by atomic mass is 9.99. The van der Waals surface area contributed by atoms with E-state index in [1.54, 1.807) is 63.2 Å². The second-order valence-electron chi connectivity index (χ2n) is 13.4. The van der Waals surface area contributed by atoms with Gasteiger partial charge in [0.15, 0.2) is 12.7 Å². The molecular formula is C35H44N4O9S. The van der Waals surface area contributed by atoms with Gasteiger partial charge in [-0.1, -0.05) is 66.7 Å². The normalized spacial score (nSPS) is 18.3. The molecule has 264 valence electrons. The number of likely N-dealkylation sites (tertiary alicyclic amines) is 1. The molecule has 5 atom stereocenters. The Morgan fingerprint density at radius 2 is 1.61 bits per heavy atom. The zero-order valence-corrected chi connectivity index (χ0v) is 28.8. The van der Waals surface area contributed by atoms with Crippen LogP contribution in [0.2, 0.25) is 0 Å². The maximum atomic E-state index is 13.7. The molecule has 1 aliphatic rings. The number of carbonyl (C=O) groups is 4. The van der Waals surface area contributed by atoms with Crippen molar-refractivity contribution >= 4 is 44.2 Å². The van der Waals surface area contributed by atoms with Crippen LogP contribution in [0, 0.1) is 0 Å². The van der Waals surface area contributed by atoms with Gasteiger partial charge in [0.05, 0.1) is 17.9 Å². The van der Waals surface area contributed by atoms with Crippen LogP contribution in [0.4, 0.5) is 0 Å². The molecular weight excluding hydrogens is 652 g/mol. The van der Waals surface area contributed by atoms with Crippen LogP contribution in [0.15, 0.2) is 72.8 Å². The highest BCUT2D eigenvalue weighted by molar-refractivity contribution is 7.90. The molecule has 3 aromatic carbocycles. The van der Waals surface area contributed by atoms with E-state index in [4.69, 9.17) is 4.74 Å². The Labute approximate surface area is 285 Å². The minimum Gasteiger partial charge on any atom is -0.483 e. The average molecular weight is 697 g/mol. The average Bonchev–Trinajstić information content (AvgIpc) is 3.43. The fraction of sp³-hybridized carbons (Fsp3) is 0.429.